The fourth-order valence-corrected chi connectivity index (χ4v) is 2.60. The fraction of sp³-hybridized carbons (Fsp3) is 0. The standard InChI is InChI=1S/C19H12N.Ir/c1-2-7-16-13-17(10-9-14(16)5-1)19-18-8-4-3-6-15(18)11-12-20-19;/h1-9,11-13H;/q-1;. The molecule has 4 aromatic rings. The second-order valence-electron chi connectivity index (χ2n) is 4.86. The molecule has 0 spiro atoms. The van der Waals surface area contributed by atoms with E-state index < -0.39 is 0 Å². The molecule has 1 heterocycles. The van der Waals surface area contributed by atoms with Gasteiger partial charge >= 0.3 is 0 Å². The van der Waals surface area contributed by atoms with E-state index in [0.29, 0.717) is 0 Å². The molecule has 0 aliphatic carbocycles. The summed E-state index contributed by atoms with van der Waals surface area (Å²) in [6, 6.07) is 26.2. The van der Waals surface area contributed by atoms with Crippen molar-refractivity contribution in [3.8, 4) is 11.3 Å². The second kappa shape index (κ2) is 5.77. The van der Waals surface area contributed by atoms with Gasteiger partial charge in [0.25, 0.3) is 0 Å². The van der Waals surface area contributed by atoms with Gasteiger partial charge in [0.2, 0.25) is 0 Å². The van der Waals surface area contributed by atoms with Crippen molar-refractivity contribution in [1.82, 2.24) is 4.98 Å². The van der Waals surface area contributed by atoms with Crippen LogP contribution in [0.5, 0.6) is 0 Å². The summed E-state index contributed by atoms with van der Waals surface area (Å²) < 4.78 is 0. The van der Waals surface area contributed by atoms with Gasteiger partial charge in [-0.25, -0.2) is 0 Å². The first-order valence-electron chi connectivity index (χ1n) is 6.66. The number of hydrogen-bond donors (Lipinski definition) is 0. The molecule has 1 nitrogen and oxygen atoms in total. The van der Waals surface area contributed by atoms with E-state index in [1.165, 1.54) is 21.5 Å². The Morgan fingerprint density at radius 1 is 0.762 bits per heavy atom. The van der Waals surface area contributed by atoms with Crippen LogP contribution < -0.4 is 0 Å². The molecule has 0 bridgehead atoms. The van der Waals surface area contributed by atoms with Crippen LogP contribution in [0.25, 0.3) is 32.8 Å². The van der Waals surface area contributed by atoms with Gasteiger partial charge in [0.05, 0.1) is 0 Å². The summed E-state index contributed by atoms with van der Waals surface area (Å²) in [5.74, 6) is 0. The Bertz CT molecular complexity index is 910. The maximum atomic E-state index is 4.55. The second-order valence-corrected chi connectivity index (χ2v) is 4.86. The number of pyridine rings is 1. The van der Waals surface area contributed by atoms with E-state index in [4.69, 9.17) is 0 Å². The number of aromatic nitrogens is 1. The Morgan fingerprint density at radius 2 is 1.48 bits per heavy atom. The summed E-state index contributed by atoms with van der Waals surface area (Å²) in [6.07, 6.45) is 1.86. The molecule has 0 saturated heterocycles. The van der Waals surface area contributed by atoms with Crippen molar-refractivity contribution < 1.29 is 20.1 Å². The van der Waals surface area contributed by atoms with Crippen molar-refractivity contribution in [1.29, 1.82) is 0 Å². The SMILES string of the molecule is [Ir].[c-]1cc2ccccc2cc1-c1nccc2ccccc12. The fourth-order valence-electron chi connectivity index (χ4n) is 2.60. The number of benzene rings is 3. The first-order valence-corrected chi connectivity index (χ1v) is 6.66. The van der Waals surface area contributed by atoms with Crippen molar-refractivity contribution in [2.45, 2.75) is 0 Å². The molecule has 0 N–H and O–H groups in total. The molecule has 0 amide bonds. The number of nitrogens with zero attached hydrogens (tertiary/aromatic N) is 1. The van der Waals surface area contributed by atoms with Gasteiger partial charge in [0, 0.05) is 26.3 Å². The van der Waals surface area contributed by atoms with Gasteiger partial charge in [-0.3, -0.25) is 0 Å². The average Bonchev–Trinajstić information content (AvgIpc) is 2.54. The van der Waals surface area contributed by atoms with Crippen molar-refractivity contribution in [2.75, 3.05) is 0 Å². The van der Waals surface area contributed by atoms with Gasteiger partial charge in [0.1, 0.15) is 0 Å². The Balaban J connectivity index is 0.00000132. The molecule has 0 unspecified atom stereocenters. The maximum Gasteiger partial charge on any atom is 0.0167 e. The minimum absolute atomic E-state index is 0. The molecule has 1 radical (unpaired) electrons. The Kier molecular flexibility index (Phi) is 3.83. The predicted molar refractivity (Wildman–Crippen MR) is 83.5 cm³/mol. The molecule has 1 aromatic heterocycles. The predicted octanol–water partition coefficient (Wildman–Crippen LogP) is 4.85. The molecule has 0 aliphatic rings. The summed E-state index contributed by atoms with van der Waals surface area (Å²) in [5, 5.41) is 4.80. The van der Waals surface area contributed by atoms with Gasteiger partial charge in [-0.2, -0.15) is 0 Å². The minimum atomic E-state index is 0. The summed E-state index contributed by atoms with van der Waals surface area (Å²) in [4.78, 5) is 4.55. The van der Waals surface area contributed by atoms with Crippen LogP contribution in [-0.4, -0.2) is 4.98 Å². The van der Waals surface area contributed by atoms with Crippen LogP contribution in [0, 0.1) is 6.07 Å². The number of rotatable bonds is 1. The zero-order chi connectivity index (χ0) is 13.4. The summed E-state index contributed by atoms with van der Waals surface area (Å²) >= 11 is 0. The zero-order valence-electron chi connectivity index (χ0n) is 11.2. The van der Waals surface area contributed by atoms with Gasteiger partial charge in [-0.15, -0.1) is 29.1 Å². The van der Waals surface area contributed by atoms with E-state index in [9.17, 15) is 0 Å². The third kappa shape index (κ3) is 2.49. The molecular weight excluding hydrogens is 434 g/mol. The van der Waals surface area contributed by atoms with E-state index in [-0.39, 0.29) is 20.1 Å². The molecule has 4 rings (SSSR count). The van der Waals surface area contributed by atoms with Crippen LogP contribution >= 0.6 is 0 Å². The molecule has 3 aromatic carbocycles. The van der Waals surface area contributed by atoms with Crippen LogP contribution in [0.4, 0.5) is 0 Å². The third-order valence-electron chi connectivity index (χ3n) is 3.61. The van der Waals surface area contributed by atoms with Gasteiger partial charge in [-0.05, 0) is 22.5 Å². The summed E-state index contributed by atoms with van der Waals surface area (Å²) in [7, 11) is 0. The normalized spacial score (nSPS) is 10.5. The van der Waals surface area contributed by atoms with Crippen LogP contribution in [0.1, 0.15) is 0 Å². The average molecular weight is 447 g/mol. The van der Waals surface area contributed by atoms with Gasteiger partial charge in [0.15, 0.2) is 0 Å². The Hall–Kier alpha value is -2.02. The molecule has 0 atom stereocenters. The number of hydrogen-bond acceptors (Lipinski definition) is 1. The van der Waals surface area contributed by atoms with Crippen LogP contribution in [-0.2, 0) is 20.1 Å². The van der Waals surface area contributed by atoms with Crippen LogP contribution in [0.2, 0.25) is 0 Å². The first-order chi connectivity index (χ1) is 9.92. The van der Waals surface area contributed by atoms with Crippen LogP contribution in [0.15, 0.2) is 72.9 Å². The largest absolute Gasteiger partial charge is 0.304 e. The van der Waals surface area contributed by atoms with Crippen LogP contribution in [0.3, 0.4) is 0 Å². The van der Waals surface area contributed by atoms with Crippen molar-refractivity contribution in [3.05, 3.63) is 79.0 Å². The topological polar surface area (TPSA) is 12.9 Å². The molecule has 0 saturated carbocycles. The Labute approximate surface area is 137 Å². The van der Waals surface area contributed by atoms with E-state index in [0.717, 1.165) is 11.3 Å². The zero-order valence-corrected chi connectivity index (χ0v) is 13.6. The van der Waals surface area contributed by atoms with E-state index >= 15 is 0 Å². The Morgan fingerprint density at radius 3 is 2.33 bits per heavy atom. The molecular formula is C19H12IrN-. The molecule has 0 fully saturated rings. The molecule has 21 heavy (non-hydrogen) atoms. The summed E-state index contributed by atoms with van der Waals surface area (Å²) in [6.45, 7) is 0. The molecule has 2 heteroatoms. The minimum Gasteiger partial charge on any atom is -0.304 e. The molecule has 0 aliphatic heterocycles. The van der Waals surface area contributed by atoms with Crippen molar-refractivity contribution in [2.24, 2.45) is 0 Å². The smallest absolute Gasteiger partial charge is 0.0167 e. The quantitative estimate of drug-likeness (QED) is 0.381. The van der Waals surface area contributed by atoms with Gasteiger partial charge in [-0.1, -0.05) is 53.9 Å². The van der Waals surface area contributed by atoms with Crippen molar-refractivity contribution >= 4 is 21.5 Å². The van der Waals surface area contributed by atoms with E-state index in [2.05, 4.69) is 59.6 Å². The van der Waals surface area contributed by atoms with E-state index in [1.807, 2.05) is 24.4 Å². The first kappa shape index (κ1) is 13.9. The monoisotopic (exact) mass is 447 g/mol. The third-order valence-corrected chi connectivity index (χ3v) is 3.61. The van der Waals surface area contributed by atoms with Gasteiger partial charge < -0.3 is 4.98 Å². The summed E-state index contributed by atoms with van der Waals surface area (Å²) in [5.41, 5.74) is 2.04. The van der Waals surface area contributed by atoms with Crippen molar-refractivity contribution in [3.63, 3.8) is 0 Å². The maximum absolute atomic E-state index is 4.55. The number of fused-ring (bicyclic) bond motifs is 2. The molecule has 103 valence electrons. The van der Waals surface area contributed by atoms with E-state index in [1.54, 1.807) is 0 Å².